The first kappa shape index (κ1) is 14.1. The molecule has 0 aromatic heterocycles. The van der Waals surface area contributed by atoms with Crippen LogP contribution in [-0.2, 0) is 0 Å². The number of benzene rings is 1. The van der Waals surface area contributed by atoms with E-state index in [1.807, 2.05) is 0 Å². The second-order valence-electron chi connectivity index (χ2n) is 4.17. The standard InChI is InChI=1S/C14H22P2/c1-3-4-5-6-9-12-15-16-14-11-8-7-10-13(14)2/h7-8,10-11H,3-6,9,12H2,1-2H3. The van der Waals surface area contributed by atoms with Gasteiger partial charge in [-0.05, 0) is 46.9 Å². The number of hydrogen-bond acceptors (Lipinski definition) is 0. The Balaban J connectivity index is 2.05. The third-order valence-corrected chi connectivity index (χ3v) is 5.70. The summed E-state index contributed by atoms with van der Waals surface area (Å²) in [4.78, 5) is 0. The van der Waals surface area contributed by atoms with E-state index < -0.39 is 0 Å². The highest BCUT2D eigenvalue weighted by Gasteiger charge is 1.98. The smallest absolute Gasteiger partial charge is 0.0106 e. The lowest BCUT2D eigenvalue weighted by molar-refractivity contribution is 0.659. The average Bonchev–Trinajstić information content (AvgIpc) is 2.30. The molecular weight excluding hydrogens is 230 g/mol. The van der Waals surface area contributed by atoms with E-state index >= 15 is 0 Å². The summed E-state index contributed by atoms with van der Waals surface area (Å²) in [7, 11) is 3.06. The van der Waals surface area contributed by atoms with Gasteiger partial charge in [-0.1, -0.05) is 56.9 Å². The minimum absolute atomic E-state index is 1.35. The molecule has 0 saturated carbocycles. The van der Waals surface area contributed by atoms with Crippen LogP contribution in [0.4, 0.5) is 0 Å². The Kier molecular flexibility index (Phi) is 8.08. The quantitative estimate of drug-likeness (QED) is 0.429. The van der Waals surface area contributed by atoms with Crippen molar-refractivity contribution in [2.24, 2.45) is 0 Å². The molecule has 88 valence electrons. The summed E-state index contributed by atoms with van der Waals surface area (Å²) < 4.78 is 0. The predicted octanol–water partition coefficient (Wildman–Crippen LogP) is 5.40. The molecule has 0 nitrogen and oxygen atoms in total. The van der Waals surface area contributed by atoms with Gasteiger partial charge in [0.1, 0.15) is 0 Å². The van der Waals surface area contributed by atoms with Crippen molar-refractivity contribution in [3.8, 4) is 0 Å². The Hall–Kier alpha value is 0.0800. The van der Waals surface area contributed by atoms with Crippen LogP contribution in [0.2, 0.25) is 0 Å². The van der Waals surface area contributed by atoms with Crippen molar-refractivity contribution in [3.05, 3.63) is 29.8 Å². The second-order valence-corrected chi connectivity index (χ2v) is 7.03. The number of unbranched alkanes of at least 4 members (excludes halogenated alkanes) is 4. The van der Waals surface area contributed by atoms with E-state index in [9.17, 15) is 0 Å². The van der Waals surface area contributed by atoms with E-state index in [-0.39, 0.29) is 0 Å². The zero-order valence-corrected chi connectivity index (χ0v) is 12.2. The van der Waals surface area contributed by atoms with Crippen molar-refractivity contribution in [2.45, 2.75) is 46.0 Å². The van der Waals surface area contributed by atoms with Crippen LogP contribution < -0.4 is 5.30 Å². The first-order valence-corrected chi connectivity index (χ1v) is 8.95. The van der Waals surface area contributed by atoms with Crippen molar-refractivity contribution in [3.63, 3.8) is 0 Å². The Morgan fingerprint density at radius 2 is 1.75 bits per heavy atom. The van der Waals surface area contributed by atoms with Gasteiger partial charge >= 0.3 is 0 Å². The molecule has 0 N–H and O–H groups in total. The zero-order chi connectivity index (χ0) is 11.6. The highest BCUT2D eigenvalue weighted by Crippen LogP contribution is 2.37. The van der Waals surface area contributed by atoms with Crippen LogP contribution in [0.5, 0.6) is 0 Å². The van der Waals surface area contributed by atoms with Crippen molar-refractivity contribution in [1.29, 1.82) is 0 Å². The van der Waals surface area contributed by atoms with E-state index in [2.05, 4.69) is 38.1 Å². The van der Waals surface area contributed by atoms with Gasteiger partial charge in [-0.15, -0.1) is 0 Å². The van der Waals surface area contributed by atoms with Gasteiger partial charge in [-0.25, -0.2) is 0 Å². The fourth-order valence-corrected chi connectivity index (χ4v) is 4.44. The second kappa shape index (κ2) is 9.15. The largest absolute Gasteiger partial charge is 0.0654 e. The summed E-state index contributed by atoms with van der Waals surface area (Å²) in [5, 5.41) is 1.50. The number of aryl methyl sites for hydroxylation is 1. The fraction of sp³-hybridized carbons (Fsp3) is 0.571. The molecule has 0 amide bonds. The summed E-state index contributed by atoms with van der Waals surface area (Å²) >= 11 is 0. The molecule has 1 aromatic carbocycles. The van der Waals surface area contributed by atoms with Gasteiger partial charge < -0.3 is 0 Å². The van der Waals surface area contributed by atoms with Crippen molar-refractivity contribution >= 4 is 21.8 Å². The van der Waals surface area contributed by atoms with Crippen molar-refractivity contribution < 1.29 is 0 Å². The summed E-state index contributed by atoms with van der Waals surface area (Å²) in [6.07, 6.45) is 8.36. The van der Waals surface area contributed by atoms with Gasteiger partial charge in [0.2, 0.25) is 0 Å². The Bertz CT molecular complexity index is 284. The summed E-state index contributed by atoms with van der Waals surface area (Å²) in [6.45, 7) is 4.48. The first-order valence-electron chi connectivity index (χ1n) is 6.27. The zero-order valence-electron chi connectivity index (χ0n) is 10.4. The van der Waals surface area contributed by atoms with E-state index in [0.29, 0.717) is 0 Å². The van der Waals surface area contributed by atoms with Gasteiger partial charge in [-0.2, -0.15) is 0 Å². The molecule has 2 heteroatoms. The molecule has 0 fully saturated rings. The van der Waals surface area contributed by atoms with Crippen LogP contribution in [0.25, 0.3) is 0 Å². The summed E-state index contributed by atoms with van der Waals surface area (Å²) in [6, 6.07) is 8.72. The third kappa shape index (κ3) is 5.97. The molecule has 0 saturated heterocycles. The lowest BCUT2D eigenvalue weighted by Crippen LogP contribution is -1.96. The van der Waals surface area contributed by atoms with Gasteiger partial charge in [0.25, 0.3) is 0 Å². The van der Waals surface area contributed by atoms with Gasteiger partial charge in [0.15, 0.2) is 0 Å². The lowest BCUT2D eigenvalue weighted by atomic mass is 10.2. The Morgan fingerprint density at radius 3 is 2.50 bits per heavy atom. The Morgan fingerprint density at radius 1 is 1.00 bits per heavy atom. The van der Waals surface area contributed by atoms with Crippen LogP contribution >= 0.6 is 16.5 Å². The van der Waals surface area contributed by atoms with Crippen molar-refractivity contribution in [1.82, 2.24) is 0 Å². The molecule has 0 atom stereocenters. The van der Waals surface area contributed by atoms with Gasteiger partial charge in [0, 0.05) is 0 Å². The van der Waals surface area contributed by atoms with Crippen LogP contribution in [0, 0.1) is 6.92 Å². The van der Waals surface area contributed by atoms with Crippen molar-refractivity contribution in [2.75, 3.05) is 6.16 Å². The molecule has 16 heavy (non-hydrogen) atoms. The van der Waals surface area contributed by atoms with Gasteiger partial charge in [0.05, 0.1) is 0 Å². The summed E-state index contributed by atoms with van der Waals surface area (Å²) in [5.74, 6) is 0. The molecule has 0 bridgehead atoms. The highest BCUT2D eigenvalue weighted by atomic mass is 32.0. The van der Waals surface area contributed by atoms with E-state index in [1.165, 1.54) is 57.4 Å². The maximum absolute atomic E-state index is 2.27. The molecule has 1 aromatic rings. The van der Waals surface area contributed by atoms with E-state index in [0.717, 1.165) is 0 Å². The highest BCUT2D eigenvalue weighted by molar-refractivity contribution is 8.15. The topological polar surface area (TPSA) is 0 Å². The van der Waals surface area contributed by atoms with Crippen LogP contribution in [0.3, 0.4) is 0 Å². The molecular formula is C14H22P2. The summed E-state index contributed by atoms with van der Waals surface area (Å²) in [5.41, 5.74) is 1.43. The molecule has 0 heterocycles. The van der Waals surface area contributed by atoms with Crippen LogP contribution in [-0.4, -0.2) is 6.16 Å². The van der Waals surface area contributed by atoms with Crippen LogP contribution in [0.15, 0.2) is 24.3 Å². The van der Waals surface area contributed by atoms with E-state index in [1.54, 1.807) is 8.27 Å². The lowest BCUT2D eigenvalue weighted by Gasteiger charge is -2.03. The molecule has 0 aliphatic heterocycles. The molecule has 0 spiro atoms. The minimum atomic E-state index is 1.35. The average molecular weight is 252 g/mol. The third-order valence-electron chi connectivity index (χ3n) is 2.66. The molecule has 0 unspecified atom stereocenters. The molecule has 2 radical (unpaired) electrons. The molecule has 0 aliphatic rings. The SMILES string of the molecule is CCCCCCC[P][P]c1ccccc1C. The minimum Gasteiger partial charge on any atom is -0.0654 e. The monoisotopic (exact) mass is 252 g/mol. The van der Waals surface area contributed by atoms with Crippen LogP contribution in [0.1, 0.15) is 44.6 Å². The molecule has 1 rings (SSSR count). The number of rotatable bonds is 8. The van der Waals surface area contributed by atoms with E-state index in [4.69, 9.17) is 0 Å². The maximum atomic E-state index is 2.27. The predicted molar refractivity (Wildman–Crippen MR) is 78.3 cm³/mol. The molecule has 0 aliphatic carbocycles. The fourth-order valence-electron chi connectivity index (χ4n) is 1.59. The Labute approximate surface area is 104 Å². The normalized spacial score (nSPS) is 12.1. The first-order chi connectivity index (χ1) is 7.84. The van der Waals surface area contributed by atoms with Gasteiger partial charge in [-0.3, -0.25) is 0 Å². The number of hydrogen-bond donors (Lipinski definition) is 0. The maximum Gasteiger partial charge on any atom is -0.0106 e.